The number of aliphatic hydroxyl groups is 1. The lowest BCUT2D eigenvalue weighted by atomic mass is 10.2. The first-order valence-electron chi connectivity index (χ1n) is 6.75. The van der Waals surface area contributed by atoms with Crippen LogP contribution >= 0.6 is 0 Å². The van der Waals surface area contributed by atoms with Gasteiger partial charge in [0, 0.05) is 12.6 Å². The number of nitrogen functional groups attached to an aromatic ring is 1. The maximum Gasteiger partial charge on any atom is 0.246 e. The molecule has 0 heterocycles. The summed E-state index contributed by atoms with van der Waals surface area (Å²) in [6.45, 7) is -0.488. The molecule has 0 aliphatic heterocycles. The Morgan fingerprint density at radius 2 is 1.90 bits per heavy atom. The second-order valence-electron chi connectivity index (χ2n) is 5.05. The van der Waals surface area contributed by atoms with Gasteiger partial charge >= 0.3 is 0 Å². The Morgan fingerprint density at radius 1 is 1.29 bits per heavy atom. The fourth-order valence-electron chi connectivity index (χ4n) is 2.66. The molecular weight excluding hydrogens is 302 g/mol. The molecule has 21 heavy (non-hydrogen) atoms. The van der Waals surface area contributed by atoms with Crippen molar-refractivity contribution >= 4 is 15.7 Å². The summed E-state index contributed by atoms with van der Waals surface area (Å²) < 4.78 is 53.5. The van der Waals surface area contributed by atoms with Crippen LogP contribution in [0.1, 0.15) is 25.7 Å². The zero-order valence-electron chi connectivity index (χ0n) is 11.4. The Bertz CT molecular complexity index is 616. The van der Waals surface area contributed by atoms with E-state index in [-0.39, 0.29) is 19.2 Å². The van der Waals surface area contributed by atoms with Gasteiger partial charge in [0.15, 0.2) is 5.82 Å². The SMILES string of the molecule is Nc1c(F)ccc(S(=O)(=O)N(CCO)C2CCCC2)c1F. The molecule has 0 spiro atoms. The van der Waals surface area contributed by atoms with E-state index in [4.69, 9.17) is 10.8 Å². The third-order valence-corrected chi connectivity index (χ3v) is 5.70. The van der Waals surface area contributed by atoms with Crippen molar-refractivity contribution in [3.05, 3.63) is 23.8 Å². The van der Waals surface area contributed by atoms with Crippen LogP contribution in [0, 0.1) is 11.6 Å². The number of nitrogens with zero attached hydrogens (tertiary/aromatic N) is 1. The van der Waals surface area contributed by atoms with Gasteiger partial charge in [-0.1, -0.05) is 12.8 Å². The van der Waals surface area contributed by atoms with Crippen LogP contribution in [0.15, 0.2) is 17.0 Å². The zero-order valence-corrected chi connectivity index (χ0v) is 12.2. The molecule has 1 fully saturated rings. The van der Waals surface area contributed by atoms with Crippen molar-refractivity contribution in [1.82, 2.24) is 4.31 Å². The first-order chi connectivity index (χ1) is 9.89. The predicted octanol–water partition coefficient (Wildman–Crippen LogP) is 1.47. The Hall–Kier alpha value is -1.25. The van der Waals surface area contributed by atoms with Crippen molar-refractivity contribution in [2.24, 2.45) is 0 Å². The summed E-state index contributed by atoms with van der Waals surface area (Å²) in [6.07, 6.45) is 3.10. The van der Waals surface area contributed by atoms with E-state index in [0.29, 0.717) is 12.8 Å². The molecule has 0 atom stereocenters. The molecule has 8 heteroatoms. The van der Waals surface area contributed by atoms with Gasteiger partial charge in [0.1, 0.15) is 16.4 Å². The fraction of sp³-hybridized carbons (Fsp3) is 0.538. The lowest BCUT2D eigenvalue weighted by Gasteiger charge is -2.27. The summed E-state index contributed by atoms with van der Waals surface area (Å²) >= 11 is 0. The molecule has 1 aromatic rings. The van der Waals surface area contributed by atoms with Crippen LogP contribution in [-0.4, -0.2) is 37.0 Å². The molecule has 1 saturated carbocycles. The maximum absolute atomic E-state index is 14.0. The highest BCUT2D eigenvalue weighted by atomic mass is 32.2. The third kappa shape index (κ3) is 3.02. The van der Waals surface area contributed by atoms with E-state index < -0.39 is 32.2 Å². The van der Waals surface area contributed by atoms with Crippen LogP contribution in [0.2, 0.25) is 0 Å². The number of hydrogen-bond acceptors (Lipinski definition) is 4. The molecule has 2 rings (SSSR count). The molecule has 0 aromatic heterocycles. The maximum atomic E-state index is 14.0. The summed E-state index contributed by atoms with van der Waals surface area (Å²) in [4.78, 5) is -0.651. The molecule has 1 aliphatic rings. The number of sulfonamides is 1. The molecule has 0 unspecified atom stereocenters. The number of hydrogen-bond donors (Lipinski definition) is 2. The molecule has 5 nitrogen and oxygen atoms in total. The number of anilines is 1. The van der Waals surface area contributed by atoms with Gasteiger partial charge in [0.25, 0.3) is 0 Å². The van der Waals surface area contributed by atoms with Gasteiger partial charge < -0.3 is 10.8 Å². The van der Waals surface area contributed by atoms with Crippen molar-refractivity contribution in [1.29, 1.82) is 0 Å². The average Bonchev–Trinajstić information content (AvgIpc) is 2.95. The first-order valence-corrected chi connectivity index (χ1v) is 8.19. The predicted molar refractivity (Wildman–Crippen MR) is 74.0 cm³/mol. The monoisotopic (exact) mass is 320 g/mol. The van der Waals surface area contributed by atoms with Crippen LogP contribution in [0.5, 0.6) is 0 Å². The van der Waals surface area contributed by atoms with E-state index in [1.54, 1.807) is 0 Å². The van der Waals surface area contributed by atoms with E-state index in [2.05, 4.69) is 0 Å². The Morgan fingerprint density at radius 3 is 2.48 bits per heavy atom. The quantitative estimate of drug-likeness (QED) is 0.805. The number of halogens is 2. The summed E-state index contributed by atoms with van der Waals surface area (Å²) in [5, 5.41) is 9.09. The number of nitrogens with two attached hydrogens (primary N) is 1. The standard InChI is InChI=1S/C13H18F2N2O3S/c14-10-5-6-11(12(15)13(10)16)21(19,20)17(7-8-18)9-3-1-2-4-9/h5-6,9,18H,1-4,7-8,16H2. The Kier molecular flexibility index (Phi) is 4.80. The van der Waals surface area contributed by atoms with Crippen molar-refractivity contribution in [2.45, 2.75) is 36.6 Å². The van der Waals surface area contributed by atoms with Crippen molar-refractivity contribution < 1.29 is 22.3 Å². The van der Waals surface area contributed by atoms with Gasteiger partial charge in [-0.25, -0.2) is 17.2 Å². The van der Waals surface area contributed by atoms with Crippen LogP contribution in [0.4, 0.5) is 14.5 Å². The second-order valence-corrected chi connectivity index (χ2v) is 6.91. The van der Waals surface area contributed by atoms with Gasteiger partial charge in [-0.05, 0) is 25.0 Å². The average molecular weight is 320 g/mol. The van der Waals surface area contributed by atoms with Gasteiger partial charge in [-0.3, -0.25) is 0 Å². The molecule has 1 aliphatic carbocycles. The van der Waals surface area contributed by atoms with E-state index in [1.807, 2.05) is 0 Å². The lowest BCUT2D eigenvalue weighted by Crippen LogP contribution is -2.41. The summed E-state index contributed by atoms with van der Waals surface area (Å²) in [5.74, 6) is -2.28. The summed E-state index contributed by atoms with van der Waals surface area (Å²) in [6, 6.07) is 1.43. The molecule has 0 saturated heterocycles. The third-order valence-electron chi connectivity index (χ3n) is 3.73. The lowest BCUT2D eigenvalue weighted by molar-refractivity contribution is 0.226. The van der Waals surface area contributed by atoms with Gasteiger partial charge in [0.05, 0.1) is 6.61 Å². The van der Waals surface area contributed by atoms with E-state index >= 15 is 0 Å². The highest BCUT2D eigenvalue weighted by molar-refractivity contribution is 7.89. The normalized spacial score (nSPS) is 16.8. The molecule has 0 radical (unpaired) electrons. The fourth-order valence-corrected chi connectivity index (χ4v) is 4.42. The van der Waals surface area contributed by atoms with Crippen LogP contribution in [0.25, 0.3) is 0 Å². The highest BCUT2D eigenvalue weighted by Gasteiger charge is 2.35. The van der Waals surface area contributed by atoms with Gasteiger partial charge in [0.2, 0.25) is 10.0 Å². The minimum Gasteiger partial charge on any atom is -0.395 e. The zero-order chi connectivity index (χ0) is 15.6. The molecule has 1 aromatic carbocycles. The smallest absolute Gasteiger partial charge is 0.246 e. The van der Waals surface area contributed by atoms with Gasteiger partial charge in [-0.2, -0.15) is 4.31 Å². The van der Waals surface area contributed by atoms with E-state index in [9.17, 15) is 17.2 Å². The topological polar surface area (TPSA) is 83.6 Å². The summed E-state index contributed by atoms with van der Waals surface area (Å²) in [5.41, 5.74) is 4.41. The highest BCUT2D eigenvalue weighted by Crippen LogP contribution is 2.31. The number of rotatable bonds is 5. The molecule has 0 bridgehead atoms. The minimum atomic E-state index is -4.16. The number of aliphatic hydroxyl groups excluding tert-OH is 1. The van der Waals surface area contributed by atoms with Crippen molar-refractivity contribution in [2.75, 3.05) is 18.9 Å². The molecule has 118 valence electrons. The Balaban J connectivity index is 2.45. The van der Waals surface area contributed by atoms with Crippen molar-refractivity contribution in [3.8, 4) is 0 Å². The number of benzene rings is 1. The van der Waals surface area contributed by atoms with E-state index in [1.165, 1.54) is 0 Å². The summed E-state index contributed by atoms with van der Waals surface area (Å²) in [7, 11) is -4.16. The van der Waals surface area contributed by atoms with Gasteiger partial charge in [-0.15, -0.1) is 0 Å². The van der Waals surface area contributed by atoms with Crippen molar-refractivity contribution in [3.63, 3.8) is 0 Å². The van der Waals surface area contributed by atoms with Crippen LogP contribution in [-0.2, 0) is 10.0 Å². The largest absolute Gasteiger partial charge is 0.395 e. The Labute approximate surface area is 122 Å². The first kappa shape index (κ1) is 16.1. The second kappa shape index (κ2) is 6.25. The molecule has 3 N–H and O–H groups in total. The van der Waals surface area contributed by atoms with Crippen LogP contribution < -0.4 is 5.73 Å². The minimum absolute atomic E-state index is 0.121. The van der Waals surface area contributed by atoms with E-state index in [0.717, 1.165) is 29.3 Å². The van der Waals surface area contributed by atoms with Crippen LogP contribution in [0.3, 0.4) is 0 Å². The molecule has 0 amide bonds. The molecular formula is C13H18F2N2O3S.